The molecule has 7 nitrogen and oxygen atoms in total. The van der Waals surface area contributed by atoms with Gasteiger partial charge in [0, 0.05) is 18.5 Å². The molecule has 0 unspecified atom stereocenters. The number of esters is 1. The van der Waals surface area contributed by atoms with Crippen molar-refractivity contribution in [3.63, 3.8) is 0 Å². The predicted molar refractivity (Wildman–Crippen MR) is 91.1 cm³/mol. The van der Waals surface area contributed by atoms with Crippen molar-refractivity contribution in [2.24, 2.45) is 5.73 Å². The Hall–Kier alpha value is -2.64. The van der Waals surface area contributed by atoms with E-state index in [2.05, 4.69) is 0 Å². The van der Waals surface area contributed by atoms with Crippen LogP contribution in [0.15, 0.2) is 29.9 Å². The van der Waals surface area contributed by atoms with E-state index in [1.54, 1.807) is 13.0 Å². The summed E-state index contributed by atoms with van der Waals surface area (Å²) in [5, 5.41) is 29.6. The van der Waals surface area contributed by atoms with Gasteiger partial charge >= 0.3 is 5.97 Å². The summed E-state index contributed by atoms with van der Waals surface area (Å²) in [4.78, 5) is 24.2. The third-order valence-corrected chi connectivity index (χ3v) is 3.86. The molecule has 0 aromatic heterocycles. The monoisotopic (exact) mass is 347 g/mol. The molecule has 1 aliphatic rings. The van der Waals surface area contributed by atoms with Crippen molar-refractivity contribution >= 4 is 17.8 Å². The van der Waals surface area contributed by atoms with Gasteiger partial charge in [0.1, 0.15) is 23.2 Å². The van der Waals surface area contributed by atoms with Gasteiger partial charge in [-0.3, -0.25) is 4.79 Å². The number of hydrogen-bond donors (Lipinski definition) is 4. The number of benzene rings is 1. The van der Waals surface area contributed by atoms with Gasteiger partial charge in [0.05, 0.1) is 6.61 Å². The molecule has 5 N–H and O–H groups in total. The fourth-order valence-corrected chi connectivity index (χ4v) is 2.46. The van der Waals surface area contributed by atoms with Crippen LogP contribution in [0.3, 0.4) is 0 Å². The number of aliphatic hydroxyl groups is 1. The van der Waals surface area contributed by atoms with E-state index in [9.17, 15) is 24.9 Å². The minimum Gasteiger partial charge on any atom is -0.508 e. The lowest BCUT2D eigenvalue weighted by Gasteiger charge is -2.16. The summed E-state index contributed by atoms with van der Waals surface area (Å²) < 4.78 is 5.13. The maximum absolute atomic E-state index is 12.2. The third kappa shape index (κ3) is 4.68. The largest absolute Gasteiger partial charge is 0.508 e. The Morgan fingerprint density at radius 2 is 1.96 bits per heavy atom. The maximum Gasteiger partial charge on any atom is 0.342 e. The molecule has 0 saturated heterocycles. The molecule has 1 aromatic rings. The Balaban J connectivity index is 2.41. The van der Waals surface area contributed by atoms with E-state index in [0.29, 0.717) is 12.0 Å². The number of hydrogen-bond acceptors (Lipinski definition) is 7. The lowest BCUT2D eigenvalue weighted by molar-refractivity contribution is -0.123. The van der Waals surface area contributed by atoms with Gasteiger partial charge < -0.3 is 25.8 Å². The second-order valence-electron chi connectivity index (χ2n) is 5.95. The van der Waals surface area contributed by atoms with Crippen LogP contribution in [0.25, 0.3) is 6.08 Å². The molecule has 134 valence electrons. The van der Waals surface area contributed by atoms with Crippen molar-refractivity contribution < 1.29 is 29.6 Å². The lowest BCUT2D eigenvalue weighted by Crippen LogP contribution is -2.39. The Labute approximate surface area is 145 Å². The summed E-state index contributed by atoms with van der Waals surface area (Å²) in [5.41, 5.74) is 6.64. The zero-order valence-electron chi connectivity index (χ0n) is 13.8. The number of cyclic esters (lactones) is 1. The van der Waals surface area contributed by atoms with Crippen LogP contribution in [0.4, 0.5) is 0 Å². The quantitative estimate of drug-likeness (QED) is 0.520. The summed E-state index contributed by atoms with van der Waals surface area (Å²) in [6.45, 7) is 1.68. The Morgan fingerprint density at radius 1 is 1.24 bits per heavy atom. The third-order valence-electron chi connectivity index (χ3n) is 3.86. The number of aliphatic hydroxyl groups excluding tert-OH is 1. The first-order valence-corrected chi connectivity index (χ1v) is 7.84. The van der Waals surface area contributed by atoms with Gasteiger partial charge in [-0.2, -0.15) is 0 Å². The first kappa shape index (κ1) is 18.7. The van der Waals surface area contributed by atoms with Gasteiger partial charge in [-0.25, -0.2) is 4.79 Å². The summed E-state index contributed by atoms with van der Waals surface area (Å²) in [5.74, 6) is -1.85. The van der Waals surface area contributed by atoms with E-state index in [0.717, 1.165) is 6.07 Å². The standard InChI is InChI=1S/C18H21NO6/c1-10-5-6-25-18(24)16-11(8-12(20)9-14(16)21)3-2-4-13(19)17(23)15(22)7-10/h2-3,7-9,13,17,20-21,23H,4-6,19H2,1H3/b3-2+,10-7-/t13-,17-/m0/s1. The van der Waals surface area contributed by atoms with Gasteiger partial charge in [-0.15, -0.1) is 0 Å². The molecule has 0 saturated carbocycles. The molecule has 1 aromatic carbocycles. The van der Waals surface area contributed by atoms with Crippen molar-refractivity contribution in [1.29, 1.82) is 0 Å². The van der Waals surface area contributed by atoms with Crippen LogP contribution in [-0.2, 0) is 9.53 Å². The van der Waals surface area contributed by atoms with Crippen LogP contribution in [0.5, 0.6) is 11.5 Å². The number of ketones is 1. The Morgan fingerprint density at radius 3 is 2.68 bits per heavy atom. The van der Waals surface area contributed by atoms with Gasteiger partial charge in [-0.1, -0.05) is 17.7 Å². The lowest BCUT2D eigenvalue weighted by atomic mass is 10.00. The van der Waals surface area contributed by atoms with Crippen molar-refractivity contribution in [2.45, 2.75) is 31.9 Å². The highest BCUT2D eigenvalue weighted by atomic mass is 16.5. The second kappa shape index (κ2) is 7.96. The van der Waals surface area contributed by atoms with Crippen LogP contribution < -0.4 is 5.73 Å². The normalized spacial score (nSPS) is 26.0. The Bertz CT molecular complexity index is 737. The zero-order valence-corrected chi connectivity index (χ0v) is 13.8. The fourth-order valence-electron chi connectivity index (χ4n) is 2.46. The van der Waals surface area contributed by atoms with Crippen LogP contribution in [0, 0.1) is 0 Å². The first-order chi connectivity index (χ1) is 11.8. The molecule has 0 radical (unpaired) electrons. The molecule has 0 aliphatic carbocycles. The summed E-state index contributed by atoms with van der Waals surface area (Å²) >= 11 is 0. The maximum atomic E-state index is 12.2. The second-order valence-corrected chi connectivity index (χ2v) is 5.95. The molecular weight excluding hydrogens is 326 g/mol. The van der Waals surface area contributed by atoms with Crippen LogP contribution in [-0.4, -0.2) is 45.8 Å². The minimum atomic E-state index is -1.35. The fraction of sp³-hybridized carbons (Fsp3) is 0.333. The minimum absolute atomic E-state index is 0.0000657. The molecule has 0 spiro atoms. The molecular formula is C18H21NO6. The van der Waals surface area contributed by atoms with Crippen molar-refractivity contribution in [1.82, 2.24) is 0 Å². The van der Waals surface area contributed by atoms with Crippen LogP contribution in [0.2, 0.25) is 0 Å². The molecule has 2 rings (SSSR count). The van der Waals surface area contributed by atoms with Crippen LogP contribution >= 0.6 is 0 Å². The Kier molecular flexibility index (Phi) is 5.95. The number of fused-ring (bicyclic) bond motifs is 1. The smallest absolute Gasteiger partial charge is 0.342 e. The number of aromatic hydroxyl groups is 2. The average molecular weight is 347 g/mol. The highest BCUT2D eigenvalue weighted by Gasteiger charge is 2.22. The zero-order chi connectivity index (χ0) is 18.6. The summed E-state index contributed by atoms with van der Waals surface area (Å²) in [6.07, 6.45) is 3.42. The van der Waals surface area contributed by atoms with E-state index < -0.39 is 29.6 Å². The average Bonchev–Trinajstić information content (AvgIpc) is 2.52. The van der Waals surface area contributed by atoms with E-state index in [1.165, 1.54) is 18.2 Å². The van der Waals surface area contributed by atoms with Gasteiger partial charge in [0.25, 0.3) is 0 Å². The first-order valence-electron chi connectivity index (χ1n) is 7.84. The molecule has 7 heteroatoms. The molecule has 2 atom stereocenters. The number of rotatable bonds is 0. The predicted octanol–water partition coefficient (Wildman–Crippen LogP) is 1.27. The number of carbonyl (C=O) groups excluding carboxylic acids is 2. The summed E-state index contributed by atoms with van der Waals surface area (Å²) in [6, 6.07) is 1.53. The topological polar surface area (TPSA) is 130 Å². The summed E-state index contributed by atoms with van der Waals surface area (Å²) in [7, 11) is 0. The van der Waals surface area contributed by atoms with Crippen molar-refractivity contribution in [2.75, 3.05) is 6.61 Å². The molecule has 1 aliphatic heterocycles. The molecule has 25 heavy (non-hydrogen) atoms. The van der Waals surface area contributed by atoms with E-state index >= 15 is 0 Å². The molecule has 1 heterocycles. The highest BCUT2D eigenvalue weighted by Crippen LogP contribution is 2.29. The molecule has 0 bridgehead atoms. The van der Waals surface area contributed by atoms with E-state index in [1.807, 2.05) is 0 Å². The number of ether oxygens (including phenoxy) is 1. The number of phenols is 2. The van der Waals surface area contributed by atoms with Gasteiger partial charge in [0.2, 0.25) is 0 Å². The highest BCUT2D eigenvalue weighted by molar-refractivity contribution is 5.97. The number of carbonyl (C=O) groups is 2. The van der Waals surface area contributed by atoms with Gasteiger partial charge in [-0.05, 0) is 31.1 Å². The molecule has 0 fully saturated rings. The number of nitrogens with two attached hydrogens (primary N) is 1. The van der Waals surface area contributed by atoms with Crippen molar-refractivity contribution in [3.8, 4) is 11.5 Å². The van der Waals surface area contributed by atoms with E-state index in [-0.39, 0.29) is 29.9 Å². The van der Waals surface area contributed by atoms with E-state index in [4.69, 9.17) is 10.5 Å². The molecule has 0 amide bonds. The van der Waals surface area contributed by atoms with Gasteiger partial charge in [0.15, 0.2) is 5.78 Å². The van der Waals surface area contributed by atoms with Crippen LogP contribution in [0.1, 0.15) is 35.7 Å². The SMILES string of the molecule is C/C1=C/C(=O)[C@@H](O)[C@@H](N)C/C=C/c2cc(O)cc(O)c2C(=O)OCC1. The van der Waals surface area contributed by atoms with Crippen molar-refractivity contribution in [3.05, 3.63) is 41.0 Å². The number of phenolic OH excluding ortho intramolecular Hbond substituents is 2.